The number of hydrogen-bond donors (Lipinski definition) is 1. The van der Waals surface area contributed by atoms with Crippen LogP contribution in [0.4, 0.5) is 0 Å². The largest absolute Gasteiger partial charge is 0.352 e. The summed E-state index contributed by atoms with van der Waals surface area (Å²) in [6.45, 7) is 7.32. The number of rotatable bonds is 6. The Hall–Kier alpha value is -1.53. The highest BCUT2D eigenvalue weighted by molar-refractivity contribution is 7.99. The van der Waals surface area contributed by atoms with Crippen LogP contribution in [0, 0.1) is 11.8 Å². The number of nitrogens with one attached hydrogen (secondary N) is 1. The van der Waals surface area contributed by atoms with Crippen LogP contribution >= 0.6 is 23.4 Å². The summed E-state index contributed by atoms with van der Waals surface area (Å²) in [5.74, 6) is 2.43. The predicted octanol–water partition coefficient (Wildman–Crippen LogP) is 4.65. The summed E-state index contributed by atoms with van der Waals surface area (Å²) in [5.41, 5.74) is 0.968. The van der Waals surface area contributed by atoms with E-state index in [1.807, 2.05) is 28.8 Å². The number of carbonyl (C=O) groups excluding carboxylic acids is 1. The fourth-order valence-corrected chi connectivity index (χ4v) is 4.60. The van der Waals surface area contributed by atoms with Crippen molar-refractivity contribution in [3.8, 4) is 11.4 Å². The van der Waals surface area contributed by atoms with Crippen LogP contribution < -0.4 is 5.32 Å². The molecule has 1 amide bonds. The van der Waals surface area contributed by atoms with Crippen molar-refractivity contribution in [1.82, 2.24) is 20.1 Å². The first-order valence-electron chi connectivity index (χ1n) is 9.61. The van der Waals surface area contributed by atoms with Gasteiger partial charge in [0.25, 0.3) is 0 Å². The third-order valence-electron chi connectivity index (χ3n) is 5.52. The average molecular weight is 407 g/mol. The Kier molecular flexibility index (Phi) is 6.82. The van der Waals surface area contributed by atoms with Crippen molar-refractivity contribution in [1.29, 1.82) is 0 Å². The highest BCUT2D eigenvalue weighted by Gasteiger charge is 2.28. The molecule has 0 aliphatic heterocycles. The van der Waals surface area contributed by atoms with Gasteiger partial charge < -0.3 is 9.88 Å². The topological polar surface area (TPSA) is 59.8 Å². The fraction of sp³-hybridized carbons (Fsp3) is 0.550. The van der Waals surface area contributed by atoms with E-state index in [1.165, 1.54) is 24.6 Å². The van der Waals surface area contributed by atoms with Gasteiger partial charge in [0, 0.05) is 23.2 Å². The van der Waals surface area contributed by atoms with Gasteiger partial charge in [-0.2, -0.15) is 0 Å². The minimum atomic E-state index is 0.0737. The molecule has 27 heavy (non-hydrogen) atoms. The number of amides is 1. The van der Waals surface area contributed by atoms with Crippen LogP contribution in [0.1, 0.15) is 40.0 Å². The monoisotopic (exact) mass is 406 g/mol. The summed E-state index contributed by atoms with van der Waals surface area (Å²) < 4.78 is 2.03. The van der Waals surface area contributed by atoms with Gasteiger partial charge in [0.2, 0.25) is 5.91 Å². The van der Waals surface area contributed by atoms with Crippen LogP contribution in [0.2, 0.25) is 5.02 Å². The van der Waals surface area contributed by atoms with Crippen molar-refractivity contribution in [3.05, 3.63) is 29.3 Å². The molecule has 7 heteroatoms. The van der Waals surface area contributed by atoms with E-state index < -0.39 is 0 Å². The molecule has 1 aromatic carbocycles. The van der Waals surface area contributed by atoms with Crippen LogP contribution in [0.25, 0.3) is 11.4 Å². The second-order valence-electron chi connectivity index (χ2n) is 7.29. The Morgan fingerprint density at radius 3 is 2.70 bits per heavy atom. The Morgan fingerprint density at radius 2 is 2.00 bits per heavy atom. The number of hydrogen-bond acceptors (Lipinski definition) is 4. The summed E-state index contributed by atoms with van der Waals surface area (Å²) in [6.07, 6.45) is 3.53. The molecule has 5 nitrogen and oxygen atoms in total. The first-order valence-corrected chi connectivity index (χ1v) is 11.0. The highest BCUT2D eigenvalue weighted by Crippen LogP contribution is 2.30. The van der Waals surface area contributed by atoms with Crippen molar-refractivity contribution in [2.75, 3.05) is 5.75 Å². The number of thioether (sulfide) groups is 1. The molecule has 146 valence electrons. The Labute approximate surface area is 170 Å². The number of benzene rings is 1. The molecule has 0 radical (unpaired) electrons. The standard InChI is InChI=1S/C20H27ClN4OS/c1-4-25-19(15-8-10-16(21)11-9-15)23-24-20(25)27-12-18(26)22-17-7-5-6-13(2)14(17)3/h8-11,13-14,17H,4-7,12H2,1-3H3,(H,22,26)/t13-,14-,17-/m1/s1. The van der Waals surface area contributed by atoms with Crippen molar-refractivity contribution in [2.24, 2.45) is 11.8 Å². The van der Waals surface area contributed by atoms with E-state index in [0.717, 1.165) is 29.5 Å². The second kappa shape index (κ2) is 9.11. The molecule has 0 spiro atoms. The summed E-state index contributed by atoms with van der Waals surface area (Å²) in [6, 6.07) is 7.85. The molecule has 1 aliphatic rings. The van der Waals surface area contributed by atoms with Crippen molar-refractivity contribution < 1.29 is 4.79 Å². The molecule has 3 rings (SSSR count). The lowest BCUT2D eigenvalue weighted by atomic mass is 9.78. The molecule has 0 bridgehead atoms. The maximum atomic E-state index is 12.4. The quantitative estimate of drug-likeness (QED) is 0.709. The fourth-order valence-electron chi connectivity index (χ4n) is 3.66. The number of halogens is 1. The molecule has 1 aromatic heterocycles. The van der Waals surface area contributed by atoms with E-state index in [0.29, 0.717) is 22.6 Å². The van der Waals surface area contributed by atoms with Crippen molar-refractivity contribution in [2.45, 2.75) is 57.8 Å². The molecule has 1 N–H and O–H groups in total. The zero-order valence-corrected chi connectivity index (χ0v) is 17.7. The lowest BCUT2D eigenvalue weighted by Crippen LogP contribution is -2.44. The summed E-state index contributed by atoms with van der Waals surface area (Å²) in [5, 5.41) is 13.3. The molecule has 1 saturated carbocycles. The van der Waals surface area contributed by atoms with E-state index in [9.17, 15) is 4.79 Å². The van der Waals surface area contributed by atoms with Gasteiger partial charge in [-0.15, -0.1) is 10.2 Å². The van der Waals surface area contributed by atoms with Gasteiger partial charge in [-0.1, -0.05) is 50.1 Å². The van der Waals surface area contributed by atoms with E-state index in [1.54, 1.807) is 0 Å². The van der Waals surface area contributed by atoms with E-state index in [2.05, 4.69) is 36.3 Å². The van der Waals surface area contributed by atoms with Crippen LogP contribution in [-0.2, 0) is 11.3 Å². The zero-order chi connectivity index (χ0) is 19.4. The lowest BCUT2D eigenvalue weighted by Gasteiger charge is -2.34. The molecular formula is C20H27ClN4OS. The smallest absolute Gasteiger partial charge is 0.230 e. The van der Waals surface area contributed by atoms with Gasteiger partial charge in [-0.25, -0.2) is 0 Å². The predicted molar refractivity (Wildman–Crippen MR) is 111 cm³/mol. The molecule has 1 heterocycles. The van der Waals surface area contributed by atoms with Gasteiger partial charge in [0.15, 0.2) is 11.0 Å². The number of carbonyl (C=O) groups is 1. The second-order valence-corrected chi connectivity index (χ2v) is 8.67. The van der Waals surface area contributed by atoms with Gasteiger partial charge in [0.1, 0.15) is 0 Å². The first kappa shape index (κ1) is 20.2. The van der Waals surface area contributed by atoms with Gasteiger partial charge >= 0.3 is 0 Å². The summed E-state index contributed by atoms with van der Waals surface area (Å²) in [4.78, 5) is 12.4. The Balaban J connectivity index is 1.62. The van der Waals surface area contributed by atoms with Gasteiger partial charge in [-0.05, 0) is 49.4 Å². The SMILES string of the molecule is CCn1c(SCC(=O)N[C@@H]2CCC[C@@H](C)[C@H]2C)nnc1-c1ccc(Cl)cc1. The summed E-state index contributed by atoms with van der Waals surface area (Å²) in [7, 11) is 0. The Morgan fingerprint density at radius 1 is 1.26 bits per heavy atom. The molecular weight excluding hydrogens is 380 g/mol. The molecule has 0 unspecified atom stereocenters. The lowest BCUT2D eigenvalue weighted by molar-refractivity contribution is -0.120. The minimum Gasteiger partial charge on any atom is -0.352 e. The van der Waals surface area contributed by atoms with Gasteiger partial charge in [0.05, 0.1) is 5.75 Å². The maximum Gasteiger partial charge on any atom is 0.230 e. The highest BCUT2D eigenvalue weighted by atomic mass is 35.5. The van der Waals surface area contributed by atoms with Crippen molar-refractivity contribution in [3.63, 3.8) is 0 Å². The normalized spacial score (nSPS) is 22.6. The number of nitrogens with zero attached hydrogens (tertiary/aromatic N) is 3. The molecule has 2 aromatic rings. The van der Waals surface area contributed by atoms with Crippen LogP contribution in [0.3, 0.4) is 0 Å². The zero-order valence-electron chi connectivity index (χ0n) is 16.1. The van der Waals surface area contributed by atoms with E-state index in [-0.39, 0.29) is 11.9 Å². The van der Waals surface area contributed by atoms with Crippen LogP contribution in [-0.4, -0.2) is 32.5 Å². The number of aromatic nitrogens is 3. The third-order valence-corrected chi connectivity index (χ3v) is 6.74. The average Bonchev–Trinajstić information content (AvgIpc) is 3.07. The maximum absolute atomic E-state index is 12.4. The van der Waals surface area contributed by atoms with Crippen LogP contribution in [0.5, 0.6) is 0 Å². The molecule has 1 aliphatic carbocycles. The summed E-state index contributed by atoms with van der Waals surface area (Å²) >= 11 is 7.41. The molecule has 0 saturated heterocycles. The van der Waals surface area contributed by atoms with E-state index in [4.69, 9.17) is 11.6 Å². The first-order chi connectivity index (χ1) is 13.0. The molecule has 1 fully saturated rings. The van der Waals surface area contributed by atoms with Gasteiger partial charge in [-0.3, -0.25) is 4.79 Å². The third kappa shape index (κ3) is 4.85. The minimum absolute atomic E-state index is 0.0737. The van der Waals surface area contributed by atoms with Crippen LogP contribution in [0.15, 0.2) is 29.4 Å². The van der Waals surface area contributed by atoms with E-state index >= 15 is 0 Å². The Bertz CT molecular complexity index is 777. The van der Waals surface area contributed by atoms with Crippen molar-refractivity contribution >= 4 is 29.3 Å². The molecule has 3 atom stereocenters.